The lowest BCUT2D eigenvalue weighted by molar-refractivity contribution is 0.669. The Labute approximate surface area is 317 Å². The molecule has 3 heteroatoms. The van der Waals surface area contributed by atoms with Crippen LogP contribution < -0.4 is 4.90 Å². The van der Waals surface area contributed by atoms with Crippen molar-refractivity contribution in [3.05, 3.63) is 200 Å². The lowest BCUT2D eigenvalue weighted by Crippen LogP contribution is -2.10. The fraction of sp³-hybridized carbons (Fsp3) is 0. The second-order valence-electron chi connectivity index (χ2n) is 14.1. The van der Waals surface area contributed by atoms with E-state index in [4.69, 9.17) is 8.83 Å². The average Bonchev–Trinajstić information content (AvgIpc) is 3.84. The molecule has 2 aromatic heterocycles. The zero-order chi connectivity index (χ0) is 36.3. The van der Waals surface area contributed by atoms with Crippen molar-refractivity contribution in [3.8, 4) is 33.4 Å². The zero-order valence-electron chi connectivity index (χ0n) is 29.8. The van der Waals surface area contributed by atoms with E-state index in [2.05, 4.69) is 193 Å². The Morgan fingerprint density at radius 3 is 1.71 bits per heavy atom. The van der Waals surface area contributed by atoms with Crippen molar-refractivity contribution in [2.45, 2.75) is 0 Å². The molecule has 0 aliphatic carbocycles. The molecule has 11 rings (SSSR count). The van der Waals surface area contributed by atoms with Crippen LogP contribution in [0.1, 0.15) is 0 Å². The molecule has 0 atom stereocenters. The predicted molar refractivity (Wildman–Crippen MR) is 229 cm³/mol. The molecule has 0 amide bonds. The molecular weight excluding hydrogens is 671 g/mol. The summed E-state index contributed by atoms with van der Waals surface area (Å²) in [5.41, 5.74) is 13.4. The van der Waals surface area contributed by atoms with Gasteiger partial charge in [0.1, 0.15) is 16.7 Å². The SMILES string of the molecule is c1ccc(-c2cc(-c3ccccc3)cc(N(c3ccc(-c4cccc5oc6ccccc6c45)cc3)c3cccc4c3oc3c5ccccc5ccc43)c2)cc1. The second kappa shape index (κ2) is 12.6. The van der Waals surface area contributed by atoms with Gasteiger partial charge in [-0.05, 0) is 93.4 Å². The van der Waals surface area contributed by atoms with E-state index in [1.165, 1.54) is 0 Å². The van der Waals surface area contributed by atoms with Gasteiger partial charge >= 0.3 is 0 Å². The maximum absolute atomic E-state index is 6.97. The standard InChI is InChI=1S/C52H33NO2/c1-3-13-34(14-4-1)38-31-39(35-15-5-2-6-16-35)33-41(32-38)53(47-22-11-21-44-45-30-27-36-17-7-8-18-43(36)51(45)55-52(44)47)40-28-25-37(26-29-40)42-20-12-24-49-50(42)46-19-9-10-23-48(46)54-49/h1-33H. The average molecular weight is 704 g/mol. The van der Waals surface area contributed by atoms with Gasteiger partial charge in [-0.1, -0.05) is 146 Å². The van der Waals surface area contributed by atoms with E-state index < -0.39 is 0 Å². The quantitative estimate of drug-likeness (QED) is 0.173. The van der Waals surface area contributed by atoms with Crippen LogP contribution in [0.2, 0.25) is 0 Å². The molecule has 258 valence electrons. The molecule has 2 heterocycles. The molecule has 0 bridgehead atoms. The van der Waals surface area contributed by atoms with Crippen LogP contribution in [0.25, 0.3) is 88.0 Å². The van der Waals surface area contributed by atoms with Crippen molar-refractivity contribution < 1.29 is 8.83 Å². The Kier molecular flexibility index (Phi) is 7.17. The first kappa shape index (κ1) is 31.2. The summed E-state index contributed by atoms with van der Waals surface area (Å²) in [6.07, 6.45) is 0. The summed E-state index contributed by atoms with van der Waals surface area (Å²) >= 11 is 0. The Bertz CT molecular complexity index is 3140. The Morgan fingerprint density at radius 1 is 0.327 bits per heavy atom. The molecule has 0 saturated heterocycles. The zero-order valence-corrected chi connectivity index (χ0v) is 29.8. The molecule has 0 radical (unpaired) electrons. The predicted octanol–water partition coefficient (Wildman–Crippen LogP) is 15.1. The fourth-order valence-electron chi connectivity index (χ4n) is 8.25. The fourth-order valence-corrected chi connectivity index (χ4v) is 8.25. The van der Waals surface area contributed by atoms with E-state index in [1.807, 2.05) is 12.1 Å². The van der Waals surface area contributed by atoms with Crippen LogP contribution in [-0.2, 0) is 0 Å². The van der Waals surface area contributed by atoms with Crippen LogP contribution in [-0.4, -0.2) is 0 Å². The summed E-state index contributed by atoms with van der Waals surface area (Å²) in [5.74, 6) is 0. The van der Waals surface area contributed by atoms with E-state index in [9.17, 15) is 0 Å². The molecule has 0 aliphatic heterocycles. The first-order valence-corrected chi connectivity index (χ1v) is 18.7. The van der Waals surface area contributed by atoms with Crippen LogP contribution in [0.15, 0.2) is 209 Å². The minimum Gasteiger partial charge on any atom is -0.456 e. The first-order valence-electron chi connectivity index (χ1n) is 18.7. The van der Waals surface area contributed by atoms with Gasteiger partial charge in [-0.25, -0.2) is 0 Å². The van der Waals surface area contributed by atoms with Crippen LogP contribution in [0.5, 0.6) is 0 Å². The molecule has 3 nitrogen and oxygen atoms in total. The molecule has 55 heavy (non-hydrogen) atoms. The minimum atomic E-state index is 0.846. The van der Waals surface area contributed by atoms with Crippen LogP contribution >= 0.6 is 0 Å². The van der Waals surface area contributed by atoms with E-state index in [1.54, 1.807) is 0 Å². The van der Waals surface area contributed by atoms with Gasteiger partial charge in [-0.2, -0.15) is 0 Å². The number of furan rings is 2. The van der Waals surface area contributed by atoms with Crippen LogP contribution in [0, 0.1) is 0 Å². The van der Waals surface area contributed by atoms with Crippen molar-refractivity contribution >= 4 is 71.7 Å². The van der Waals surface area contributed by atoms with Crippen LogP contribution in [0.4, 0.5) is 17.1 Å². The maximum Gasteiger partial charge on any atom is 0.159 e. The third-order valence-corrected chi connectivity index (χ3v) is 10.8. The molecule has 0 unspecified atom stereocenters. The molecule has 11 aromatic rings. The van der Waals surface area contributed by atoms with Gasteiger partial charge in [-0.15, -0.1) is 0 Å². The third kappa shape index (κ3) is 5.20. The molecule has 9 aromatic carbocycles. The summed E-state index contributed by atoms with van der Waals surface area (Å²) in [7, 11) is 0. The third-order valence-electron chi connectivity index (χ3n) is 10.8. The van der Waals surface area contributed by atoms with E-state index >= 15 is 0 Å². The van der Waals surface area contributed by atoms with Crippen molar-refractivity contribution in [1.29, 1.82) is 0 Å². The van der Waals surface area contributed by atoms with Crippen LogP contribution in [0.3, 0.4) is 0 Å². The highest BCUT2D eigenvalue weighted by molar-refractivity contribution is 6.18. The lowest BCUT2D eigenvalue weighted by atomic mass is 9.96. The summed E-state index contributed by atoms with van der Waals surface area (Å²) < 4.78 is 13.2. The van der Waals surface area contributed by atoms with Gasteiger partial charge in [0.15, 0.2) is 5.58 Å². The molecule has 0 aliphatic rings. The van der Waals surface area contributed by atoms with Crippen molar-refractivity contribution in [3.63, 3.8) is 0 Å². The topological polar surface area (TPSA) is 29.5 Å². The van der Waals surface area contributed by atoms with Gasteiger partial charge in [0.25, 0.3) is 0 Å². The highest BCUT2D eigenvalue weighted by atomic mass is 16.3. The highest BCUT2D eigenvalue weighted by Crippen LogP contribution is 2.46. The first-order chi connectivity index (χ1) is 27.3. The lowest BCUT2D eigenvalue weighted by Gasteiger charge is -2.27. The number of anilines is 3. The molecular formula is C52H33NO2. The molecule has 0 N–H and O–H groups in total. The van der Waals surface area contributed by atoms with Crippen molar-refractivity contribution in [1.82, 2.24) is 0 Å². The normalized spacial score (nSPS) is 11.6. The van der Waals surface area contributed by atoms with E-state index in [-0.39, 0.29) is 0 Å². The maximum atomic E-state index is 6.97. The monoisotopic (exact) mass is 703 g/mol. The Hall–Kier alpha value is -7.36. The summed E-state index contributed by atoms with van der Waals surface area (Å²) in [6.45, 7) is 0. The summed E-state index contributed by atoms with van der Waals surface area (Å²) in [6, 6.07) is 71.0. The van der Waals surface area contributed by atoms with Crippen molar-refractivity contribution in [2.75, 3.05) is 4.90 Å². The molecule has 0 saturated carbocycles. The number of rotatable bonds is 6. The van der Waals surface area contributed by atoms with Crippen molar-refractivity contribution in [2.24, 2.45) is 0 Å². The molecule has 0 fully saturated rings. The van der Waals surface area contributed by atoms with Gasteiger partial charge in [-0.3, -0.25) is 0 Å². The smallest absolute Gasteiger partial charge is 0.159 e. The minimum absolute atomic E-state index is 0.846. The van der Waals surface area contributed by atoms with E-state index in [0.717, 1.165) is 105 Å². The number of hydrogen-bond acceptors (Lipinski definition) is 3. The number of fused-ring (bicyclic) bond motifs is 8. The van der Waals surface area contributed by atoms with Gasteiger partial charge < -0.3 is 13.7 Å². The van der Waals surface area contributed by atoms with Gasteiger partial charge in [0.2, 0.25) is 0 Å². The number of para-hydroxylation sites is 2. The largest absolute Gasteiger partial charge is 0.456 e. The molecule has 0 spiro atoms. The second-order valence-corrected chi connectivity index (χ2v) is 14.1. The number of nitrogens with zero attached hydrogens (tertiary/aromatic N) is 1. The van der Waals surface area contributed by atoms with E-state index in [0.29, 0.717) is 0 Å². The van der Waals surface area contributed by atoms with Gasteiger partial charge in [0, 0.05) is 38.3 Å². The summed E-state index contributed by atoms with van der Waals surface area (Å²) in [4.78, 5) is 2.35. The number of benzene rings is 9. The highest BCUT2D eigenvalue weighted by Gasteiger charge is 2.22. The van der Waals surface area contributed by atoms with Gasteiger partial charge in [0.05, 0.1) is 5.69 Å². The number of hydrogen-bond donors (Lipinski definition) is 0. The summed E-state index contributed by atoms with van der Waals surface area (Å²) in [5, 5.41) is 6.71. The Balaban J connectivity index is 1.16. The Morgan fingerprint density at radius 2 is 0.945 bits per heavy atom.